The number of nitrogens with zero attached hydrogens (tertiary/aromatic N) is 2. The smallest absolute Gasteiger partial charge is 0.310 e. The van der Waals surface area contributed by atoms with Crippen LogP contribution < -0.4 is 21.3 Å². The fourth-order valence-corrected chi connectivity index (χ4v) is 3.97. The van der Waals surface area contributed by atoms with Crippen LogP contribution in [0.2, 0.25) is 0 Å². The fraction of sp³-hybridized carbons (Fsp3) is 0.474. The number of rotatable bonds is 10. The Hall–Kier alpha value is -2.95. The van der Waals surface area contributed by atoms with E-state index in [1.807, 2.05) is 0 Å². The number of hydrogen-bond donors (Lipinski definition) is 3. The maximum Gasteiger partial charge on any atom is 0.328 e. The van der Waals surface area contributed by atoms with Crippen molar-refractivity contribution in [2.75, 3.05) is 10.0 Å². The van der Waals surface area contributed by atoms with E-state index >= 15 is 0 Å². The Morgan fingerprint density at radius 3 is 2.63 bits per heavy atom. The minimum absolute atomic E-state index is 0.0226. The summed E-state index contributed by atoms with van der Waals surface area (Å²) in [6.07, 6.45) is 7.67. The summed E-state index contributed by atoms with van der Waals surface area (Å²) in [6, 6.07) is 2.90. The summed E-state index contributed by atoms with van der Waals surface area (Å²) in [5.74, 6) is 0.228. The van der Waals surface area contributed by atoms with Gasteiger partial charge in [-0.2, -0.15) is 0 Å². The van der Waals surface area contributed by atoms with Crippen molar-refractivity contribution in [3.8, 4) is 0 Å². The average Bonchev–Trinajstić information content (AvgIpc) is 3.53. The monoisotopic (exact) mass is 435 g/mol. The largest absolute Gasteiger partial charge is 0.328 e. The van der Waals surface area contributed by atoms with Crippen LogP contribution in [0.15, 0.2) is 39.0 Å². The van der Waals surface area contributed by atoms with E-state index in [4.69, 9.17) is 0 Å². The molecule has 0 saturated heterocycles. The molecule has 11 heteroatoms. The number of amides is 1. The molecule has 10 nitrogen and oxygen atoms in total. The summed E-state index contributed by atoms with van der Waals surface area (Å²) in [5, 5.41) is 2.66. The molecule has 2 aromatic rings. The molecule has 3 N–H and O–H groups in total. The van der Waals surface area contributed by atoms with Crippen molar-refractivity contribution in [2.24, 2.45) is 5.92 Å². The first-order valence-corrected chi connectivity index (χ1v) is 11.4. The highest BCUT2D eigenvalue weighted by molar-refractivity contribution is 7.92. The van der Waals surface area contributed by atoms with Gasteiger partial charge in [0.1, 0.15) is 5.82 Å². The SMILES string of the molecule is CCCCCCn1cc(S(=O)(=O)Nc2ccc(NC(=O)C3CC3)nc2)c(=O)[nH]c1=O. The molecule has 1 amide bonds. The lowest BCUT2D eigenvalue weighted by Gasteiger charge is -2.10. The standard InChI is InChI=1S/C19H25N5O5S/c1-2-3-4-5-10-24-12-15(18(26)22-19(24)27)30(28,29)23-14-8-9-16(20-11-14)21-17(25)13-6-7-13/h8-9,11-13,23H,2-7,10H2,1H3,(H,20,21,25)(H,22,26,27). The van der Waals surface area contributed by atoms with Crippen LogP contribution in [0, 0.1) is 5.92 Å². The molecule has 0 unspecified atom stereocenters. The normalized spacial score (nSPS) is 13.8. The topological polar surface area (TPSA) is 143 Å². The van der Waals surface area contributed by atoms with Crippen molar-refractivity contribution in [3.05, 3.63) is 45.4 Å². The number of aromatic nitrogens is 3. The Morgan fingerprint density at radius 2 is 2.00 bits per heavy atom. The molecule has 30 heavy (non-hydrogen) atoms. The van der Waals surface area contributed by atoms with Crippen molar-refractivity contribution < 1.29 is 13.2 Å². The summed E-state index contributed by atoms with van der Waals surface area (Å²) in [6.45, 7) is 2.38. The molecule has 2 heterocycles. The molecule has 1 aliphatic carbocycles. The highest BCUT2D eigenvalue weighted by Crippen LogP contribution is 2.30. The highest BCUT2D eigenvalue weighted by atomic mass is 32.2. The number of aryl methyl sites for hydroxylation is 1. The van der Waals surface area contributed by atoms with Crippen molar-refractivity contribution >= 4 is 27.4 Å². The Balaban J connectivity index is 1.73. The van der Waals surface area contributed by atoms with Gasteiger partial charge in [-0.25, -0.2) is 18.2 Å². The molecule has 2 aromatic heterocycles. The number of H-pyrrole nitrogens is 1. The van der Waals surface area contributed by atoms with Crippen molar-refractivity contribution in [3.63, 3.8) is 0 Å². The first-order chi connectivity index (χ1) is 14.3. The first-order valence-electron chi connectivity index (χ1n) is 9.93. The molecule has 0 aliphatic heterocycles. The Bertz CT molecular complexity index is 1120. The minimum Gasteiger partial charge on any atom is -0.310 e. The van der Waals surface area contributed by atoms with E-state index in [9.17, 15) is 22.8 Å². The van der Waals surface area contributed by atoms with Gasteiger partial charge in [-0.3, -0.25) is 23.9 Å². The second-order valence-corrected chi connectivity index (χ2v) is 8.96. The molecule has 0 aromatic carbocycles. The third-order valence-corrected chi connectivity index (χ3v) is 6.11. The lowest BCUT2D eigenvalue weighted by atomic mass is 10.2. The summed E-state index contributed by atoms with van der Waals surface area (Å²) in [4.78, 5) is 41.3. The summed E-state index contributed by atoms with van der Waals surface area (Å²) < 4.78 is 28.8. The van der Waals surface area contributed by atoms with Crippen LogP contribution in [0.4, 0.5) is 11.5 Å². The van der Waals surface area contributed by atoms with Crippen LogP contribution in [0.3, 0.4) is 0 Å². The van der Waals surface area contributed by atoms with Gasteiger partial charge in [-0.05, 0) is 31.4 Å². The lowest BCUT2D eigenvalue weighted by Crippen LogP contribution is -2.34. The van der Waals surface area contributed by atoms with Gasteiger partial charge in [0, 0.05) is 18.7 Å². The van der Waals surface area contributed by atoms with E-state index in [0.29, 0.717) is 18.8 Å². The van der Waals surface area contributed by atoms with Crippen LogP contribution in [-0.2, 0) is 21.4 Å². The van der Waals surface area contributed by atoms with Crippen LogP contribution >= 0.6 is 0 Å². The van der Waals surface area contributed by atoms with Crippen LogP contribution in [-0.4, -0.2) is 28.9 Å². The fourth-order valence-electron chi connectivity index (χ4n) is 2.87. The van der Waals surface area contributed by atoms with Gasteiger partial charge in [0.2, 0.25) is 5.91 Å². The molecule has 3 rings (SSSR count). The van der Waals surface area contributed by atoms with Gasteiger partial charge in [0.05, 0.1) is 11.9 Å². The molecular weight excluding hydrogens is 410 g/mol. The van der Waals surface area contributed by atoms with Gasteiger partial charge < -0.3 is 5.32 Å². The Morgan fingerprint density at radius 1 is 1.23 bits per heavy atom. The van der Waals surface area contributed by atoms with E-state index < -0.39 is 26.2 Å². The van der Waals surface area contributed by atoms with Crippen molar-refractivity contribution in [1.82, 2.24) is 14.5 Å². The number of sulfonamides is 1. The summed E-state index contributed by atoms with van der Waals surface area (Å²) in [7, 11) is -4.24. The Kier molecular flexibility index (Phi) is 6.70. The molecular formula is C19H25N5O5S. The van der Waals surface area contributed by atoms with E-state index in [2.05, 4.69) is 26.9 Å². The zero-order valence-electron chi connectivity index (χ0n) is 16.7. The first kappa shape index (κ1) is 21.8. The minimum atomic E-state index is -4.24. The maximum absolute atomic E-state index is 12.7. The number of pyridine rings is 1. The third kappa shape index (κ3) is 5.56. The van der Waals surface area contributed by atoms with E-state index in [1.54, 1.807) is 0 Å². The highest BCUT2D eigenvalue weighted by Gasteiger charge is 2.29. The number of unbranched alkanes of at least 4 members (excludes halogenated alkanes) is 3. The Labute approximate surface area is 173 Å². The quantitative estimate of drug-likeness (QED) is 0.484. The maximum atomic E-state index is 12.7. The summed E-state index contributed by atoms with van der Waals surface area (Å²) >= 11 is 0. The van der Waals surface area contributed by atoms with Gasteiger partial charge in [-0.15, -0.1) is 0 Å². The van der Waals surface area contributed by atoms with E-state index in [0.717, 1.165) is 38.3 Å². The lowest BCUT2D eigenvalue weighted by molar-refractivity contribution is -0.117. The molecule has 1 saturated carbocycles. The van der Waals surface area contributed by atoms with E-state index in [-0.39, 0.29) is 17.5 Å². The molecule has 0 atom stereocenters. The molecule has 1 fully saturated rings. The number of carbonyl (C=O) groups excluding carboxylic acids is 1. The van der Waals surface area contributed by atoms with Gasteiger partial charge in [0.25, 0.3) is 15.6 Å². The van der Waals surface area contributed by atoms with E-state index in [1.165, 1.54) is 22.9 Å². The van der Waals surface area contributed by atoms with Crippen molar-refractivity contribution in [2.45, 2.75) is 56.9 Å². The van der Waals surface area contributed by atoms with Gasteiger partial charge in [-0.1, -0.05) is 26.2 Å². The number of hydrogen-bond acceptors (Lipinski definition) is 6. The predicted molar refractivity (Wildman–Crippen MR) is 112 cm³/mol. The number of anilines is 2. The number of aromatic amines is 1. The number of nitrogens with one attached hydrogen (secondary N) is 3. The van der Waals surface area contributed by atoms with Crippen LogP contribution in [0.1, 0.15) is 45.4 Å². The molecule has 0 bridgehead atoms. The van der Waals surface area contributed by atoms with Gasteiger partial charge in [0.15, 0.2) is 4.90 Å². The third-order valence-electron chi connectivity index (χ3n) is 4.74. The second kappa shape index (κ2) is 9.24. The molecule has 0 radical (unpaired) electrons. The molecule has 0 spiro atoms. The predicted octanol–water partition coefficient (Wildman–Crippen LogP) is 1.66. The van der Waals surface area contributed by atoms with Gasteiger partial charge >= 0.3 is 5.69 Å². The van der Waals surface area contributed by atoms with Crippen LogP contribution in [0.5, 0.6) is 0 Å². The second-order valence-electron chi connectivity index (χ2n) is 7.31. The summed E-state index contributed by atoms with van der Waals surface area (Å²) in [5.41, 5.74) is -1.51. The van der Waals surface area contributed by atoms with Crippen molar-refractivity contribution in [1.29, 1.82) is 0 Å². The zero-order valence-corrected chi connectivity index (χ0v) is 17.5. The van der Waals surface area contributed by atoms with Crippen LogP contribution in [0.25, 0.3) is 0 Å². The molecule has 1 aliphatic rings. The average molecular weight is 436 g/mol. The zero-order chi connectivity index (χ0) is 21.7. The molecule has 162 valence electrons. The number of carbonyl (C=O) groups is 1.